The van der Waals surface area contributed by atoms with Crippen LogP contribution in [0.2, 0.25) is 0 Å². The van der Waals surface area contributed by atoms with E-state index in [-0.39, 0.29) is 22.5 Å². The number of fused-ring (bicyclic) bond motifs is 1. The SMILES string of the molecule is COc1ccc(Cc2nc3sc(C(N)=O)c(C)c3c(=O)n2C(C)(C)C(=O)O)cc1. The van der Waals surface area contributed by atoms with Gasteiger partial charge in [0.25, 0.3) is 11.5 Å². The number of aromatic nitrogens is 2. The van der Waals surface area contributed by atoms with E-state index in [1.54, 1.807) is 26.2 Å². The molecule has 0 fully saturated rings. The third-order valence-electron chi connectivity index (χ3n) is 4.86. The maximum atomic E-state index is 13.3. The molecule has 8 nitrogen and oxygen atoms in total. The first-order valence-corrected chi connectivity index (χ1v) is 9.61. The van der Waals surface area contributed by atoms with Gasteiger partial charge in [-0.05, 0) is 44.0 Å². The van der Waals surface area contributed by atoms with Gasteiger partial charge in [0.05, 0.1) is 17.4 Å². The number of benzene rings is 1. The van der Waals surface area contributed by atoms with Crippen molar-refractivity contribution in [3.63, 3.8) is 0 Å². The Kier molecular flexibility index (Phi) is 5.18. The topological polar surface area (TPSA) is 125 Å². The van der Waals surface area contributed by atoms with E-state index in [2.05, 4.69) is 4.98 Å². The van der Waals surface area contributed by atoms with Gasteiger partial charge in [-0.1, -0.05) is 12.1 Å². The van der Waals surface area contributed by atoms with Crippen molar-refractivity contribution >= 4 is 33.4 Å². The van der Waals surface area contributed by atoms with Crippen LogP contribution < -0.4 is 16.0 Å². The zero-order chi connectivity index (χ0) is 21.5. The van der Waals surface area contributed by atoms with Crippen LogP contribution in [0.1, 0.15) is 40.5 Å². The number of aliphatic carboxylic acids is 1. The molecule has 0 aliphatic heterocycles. The summed E-state index contributed by atoms with van der Waals surface area (Å²) in [5.41, 5.74) is 4.62. The Hall–Kier alpha value is -3.20. The first kappa shape index (κ1) is 20.5. The van der Waals surface area contributed by atoms with Crippen LogP contribution in [0, 0.1) is 6.92 Å². The maximum absolute atomic E-state index is 13.3. The number of hydrogen-bond acceptors (Lipinski definition) is 6. The predicted octanol–water partition coefficient (Wildman–Crippen LogP) is 2.28. The highest BCUT2D eigenvalue weighted by molar-refractivity contribution is 7.20. The summed E-state index contributed by atoms with van der Waals surface area (Å²) in [4.78, 5) is 42.2. The summed E-state index contributed by atoms with van der Waals surface area (Å²) >= 11 is 1.04. The first-order chi connectivity index (χ1) is 13.6. The van der Waals surface area contributed by atoms with E-state index in [4.69, 9.17) is 10.5 Å². The number of aryl methyl sites for hydroxylation is 1. The Bertz CT molecular complexity index is 1180. The number of ether oxygens (including phenoxy) is 1. The molecule has 0 saturated carbocycles. The second kappa shape index (κ2) is 7.32. The fourth-order valence-corrected chi connectivity index (χ4v) is 4.22. The van der Waals surface area contributed by atoms with Gasteiger partial charge in [-0.25, -0.2) is 9.78 Å². The molecule has 0 aliphatic rings. The van der Waals surface area contributed by atoms with Crippen molar-refractivity contribution < 1.29 is 19.4 Å². The molecule has 0 aliphatic carbocycles. The highest BCUT2D eigenvalue weighted by Crippen LogP contribution is 2.29. The van der Waals surface area contributed by atoms with Crippen LogP contribution in [-0.2, 0) is 16.8 Å². The van der Waals surface area contributed by atoms with E-state index in [1.165, 1.54) is 18.4 Å². The van der Waals surface area contributed by atoms with Crippen molar-refractivity contribution in [2.24, 2.45) is 5.73 Å². The summed E-state index contributed by atoms with van der Waals surface area (Å²) in [5.74, 6) is -0.844. The average Bonchev–Trinajstić information content (AvgIpc) is 2.99. The maximum Gasteiger partial charge on any atom is 0.329 e. The van der Waals surface area contributed by atoms with Crippen LogP contribution in [0.5, 0.6) is 5.75 Å². The fraction of sp³-hybridized carbons (Fsp3) is 0.300. The number of carboxylic acid groups (broad SMARTS) is 1. The molecule has 0 bridgehead atoms. The quantitative estimate of drug-likeness (QED) is 0.636. The van der Waals surface area contributed by atoms with Gasteiger partial charge in [-0.3, -0.25) is 14.2 Å². The second-order valence-electron chi connectivity index (χ2n) is 7.16. The molecule has 3 aromatic rings. The number of thiophene rings is 1. The summed E-state index contributed by atoms with van der Waals surface area (Å²) in [6, 6.07) is 7.20. The number of carbonyl (C=O) groups excluding carboxylic acids is 1. The van der Waals surface area contributed by atoms with E-state index in [0.717, 1.165) is 16.9 Å². The van der Waals surface area contributed by atoms with Crippen molar-refractivity contribution in [1.82, 2.24) is 9.55 Å². The fourth-order valence-electron chi connectivity index (χ4n) is 3.18. The minimum absolute atomic E-state index is 0.219. The number of methoxy groups -OCH3 is 1. The monoisotopic (exact) mass is 415 g/mol. The number of rotatable bonds is 6. The molecular formula is C20H21N3O5S. The molecular weight excluding hydrogens is 394 g/mol. The normalized spacial score (nSPS) is 11.6. The van der Waals surface area contributed by atoms with E-state index >= 15 is 0 Å². The molecule has 3 rings (SSSR count). The molecule has 2 aromatic heterocycles. The standard InChI is InChI=1S/C20H21N3O5S/c1-10-14-17(29-15(10)16(21)24)22-13(9-11-5-7-12(28-4)8-6-11)23(18(14)25)20(2,3)19(26)27/h5-8H,9H2,1-4H3,(H2,21,24)(H,26,27). The lowest BCUT2D eigenvalue weighted by atomic mass is 10.0. The zero-order valence-corrected chi connectivity index (χ0v) is 17.3. The average molecular weight is 415 g/mol. The van der Waals surface area contributed by atoms with Crippen LogP contribution in [-0.4, -0.2) is 33.6 Å². The van der Waals surface area contributed by atoms with Gasteiger partial charge >= 0.3 is 5.97 Å². The Balaban J connectivity index is 2.29. The lowest BCUT2D eigenvalue weighted by Gasteiger charge is -2.25. The van der Waals surface area contributed by atoms with Crippen molar-refractivity contribution in [2.75, 3.05) is 7.11 Å². The van der Waals surface area contributed by atoms with Crippen LogP contribution in [0.15, 0.2) is 29.1 Å². The first-order valence-electron chi connectivity index (χ1n) is 8.79. The Morgan fingerprint density at radius 1 is 1.28 bits per heavy atom. The number of nitrogens with zero attached hydrogens (tertiary/aromatic N) is 2. The van der Waals surface area contributed by atoms with E-state index < -0.39 is 23.0 Å². The summed E-state index contributed by atoms with van der Waals surface area (Å²) < 4.78 is 6.34. The van der Waals surface area contributed by atoms with Crippen LogP contribution in [0.25, 0.3) is 10.2 Å². The van der Waals surface area contributed by atoms with Gasteiger partial charge in [-0.15, -0.1) is 11.3 Å². The molecule has 0 radical (unpaired) electrons. The molecule has 0 atom stereocenters. The molecule has 0 saturated heterocycles. The van der Waals surface area contributed by atoms with E-state index in [1.807, 2.05) is 12.1 Å². The molecule has 9 heteroatoms. The summed E-state index contributed by atoms with van der Waals surface area (Å²) in [6.45, 7) is 4.50. The van der Waals surface area contributed by atoms with E-state index in [0.29, 0.717) is 16.1 Å². The van der Waals surface area contributed by atoms with Gasteiger partial charge in [-0.2, -0.15) is 0 Å². The van der Waals surface area contributed by atoms with Gasteiger partial charge in [0.15, 0.2) is 0 Å². The van der Waals surface area contributed by atoms with Crippen LogP contribution >= 0.6 is 11.3 Å². The van der Waals surface area contributed by atoms with Crippen LogP contribution in [0.4, 0.5) is 0 Å². The Morgan fingerprint density at radius 2 is 1.90 bits per heavy atom. The van der Waals surface area contributed by atoms with Crippen molar-refractivity contribution in [3.8, 4) is 5.75 Å². The summed E-state index contributed by atoms with van der Waals surface area (Å²) in [7, 11) is 1.56. The van der Waals surface area contributed by atoms with Crippen molar-refractivity contribution in [3.05, 3.63) is 56.4 Å². The van der Waals surface area contributed by atoms with Gasteiger partial charge < -0.3 is 15.6 Å². The molecule has 2 heterocycles. The third kappa shape index (κ3) is 3.49. The van der Waals surface area contributed by atoms with Crippen LogP contribution in [0.3, 0.4) is 0 Å². The molecule has 0 unspecified atom stereocenters. The number of carboxylic acids is 1. The molecule has 152 valence electrons. The minimum atomic E-state index is -1.54. The Labute approximate surface area is 170 Å². The van der Waals surface area contributed by atoms with Crippen molar-refractivity contribution in [1.29, 1.82) is 0 Å². The zero-order valence-electron chi connectivity index (χ0n) is 16.5. The van der Waals surface area contributed by atoms with Crippen molar-refractivity contribution in [2.45, 2.75) is 32.7 Å². The van der Waals surface area contributed by atoms with Gasteiger partial charge in [0.1, 0.15) is 21.9 Å². The second-order valence-corrected chi connectivity index (χ2v) is 8.16. The summed E-state index contributed by atoms with van der Waals surface area (Å²) in [6.07, 6.45) is 0.231. The lowest BCUT2D eigenvalue weighted by Crippen LogP contribution is -2.45. The number of nitrogens with two attached hydrogens (primary N) is 1. The number of primary amides is 1. The minimum Gasteiger partial charge on any atom is -0.497 e. The number of carbonyl (C=O) groups is 2. The highest BCUT2D eigenvalue weighted by atomic mass is 32.1. The highest BCUT2D eigenvalue weighted by Gasteiger charge is 2.34. The van der Waals surface area contributed by atoms with Gasteiger partial charge in [0, 0.05) is 6.42 Å². The van der Waals surface area contributed by atoms with Gasteiger partial charge in [0.2, 0.25) is 0 Å². The van der Waals surface area contributed by atoms with E-state index in [9.17, 15) is 19.5 Å². The number of amides is 1. The molecule has 1 aromatic carbocycles. The lowest BCUT2D eigenvalue weighted by molar-refractivity contribution is -0.146. The predicted molar refractivity (Wildman–Crippen MR) is 110 cm³/mol. The molecule has 3 N–H and O–H groups in total. The number of hydrogen-bond donors (Lipinski definition) is 2. The Morgan fingerprint density at radius 3 is 2.41 bits per heavy atom. The summed E-state index contributed by atoms with van der Waals surface area (Å²) in [5, 5.41) is 9.96. The smallest absolute Gasteiger partial charge is 0.329 e. The largest absolute Gasteiger partial charge is 0.497 e. The molecule has 1 amide bonds. The molecule has 29 heavy (non-hydrogen) atoms. The third-order valence-corrected chi connectivity index (χ3v) is 6.06. The molecule has 0 spiro atoms.